The number of primary amides is 1. The van der Waals surface area contributed by atoms with Gasteiger partial charge in [-0.3, -0.25) is 24.2 Å². The highest BCUT2D eigenvalue weighted by Gasteiger charge is 2.29. The van der Waals surface area contributed by atoms with Gasteiger partial charge in [0.15, 0.2) is 5.96 Å². The number of aliphatic imine (C=N–C) groups is 1. The molecule has 0 radical (unpaired) electrons. The summed E-state index contributed by atoms with van der Waals surface area (Å²) in [6, 6.07) is 21.5. The van der Waals surface area contributed by atoms with Crippen molar-refractivity contribution in [3.63, 3.8) is 0 Å². The number of carbonyl (C=O) groups excluding carboxylic acids is 4. The molecule has 0 aliphatic rings. The van der Waals surface area contributed by atoms with Crippen molar-refractivity contribution in [2.45, 2.75) is 56.8 Å². The number of amides is 4. The molecule has 3 rings (SSSR count). The maximum absolute atomic E-state index is 13.6. The van der Waals surface area contributed by atoms with E-state index in [0.29, 0.717) is 49.3 Å². The van der Waals surface area contributed by atoms with Crippen LogP contribution in [0, 0.1) is 0 Å². The van der Waals surface area contributed by atoms with E-state index in [1.54, 1.807) is 54.6 Å². The summed E-state index contributed by atoms with van der Waals surface area (Å²) in [5.74, 6) is -1.95. The predicted molar refractivity (Wildman–Crippen MR) is 180 cm³/mol. The lowest BCUT2D eigenvalue weighted by Gasteiger charge is -2.25. The fourth-order valence-electron chi connectivity index (χ4n) is 4.70. The Bertz CT molecular complexity index is 1460. The fraction of sp³-hybridized carbons (Fsp3) is 0.324. The van der Waals surface area contributed by atoms with E-state index in [0.717, 1.165) is 5.56 Å². The zero-order chi connectivity index (χ0) is 34.0. The molecule has 3 atom stereocenters. The quantitative estimate of drug-likeness (QED) is 0.0571. The topological polar surface area (TPSA) is 230 Å². The number of rotatable bonds is 19. The molecule has 0 aliphatic carbocycles. The van der Waals surface area contributed by atoms with Crippen LogP contribution < -0.4 is 43.6 Å². The third kappa shape index (κ3) is 12.5. The number of nitrogens with zero attached hydrogens (tertiary/aromatic N) is 1. The van der Waals surface area contributed by atoms with Crippen molar-refractivity contribution >= 4 is 29.6 Å². The van der Waals surface area contributed by atoms with Gasteiger partial charge in [0.05, 0.1) is 0 Å². The van der Waals surface area contributed by atoms with Crippen molar-refractivity contribution in [1.82, 2.24) is 16.0 Å². The predicted octanol–water partition coefficient (Wildman–Crippen LogP) is 1.37. The second-order valence-electron chi connectivity index (χ2n) is 10.9. The fourth-order valence-corrected chi connectivity index (χ4v) is 4.70. The highest BCUT2D eigenvalue weighted by Crippen LogP contribution is 2.20. The van der Waals surface area contributed by atoms with Crippen LogP contribution in [-0.2, 0) is 21.0 Å². The SMILES string of the molecule is NCCCC[C@H](NC(=O)[C@H](CCCN=C(N)N)NC(=O)c1ccccc1)C(=O)N[C@@H](C(N)=O)c1ccc(OCc2ccccc2)cc1. The minimum Gasteiger partial charge on any atom is -0.489 e. The van der Waals surface area contributed by atoms with Crippen LogP contribution in [0.4, 0.5) is 0 Å². The van der Waals surface area contributed by atoms with Gasteiger partial charge in [0.25, 0.3) is 5.91 Å². The van der Waals surface area contributed by atoms with Crippen LogP contribution in [-0.4, -0.2) is 54.8 Å². The van der Waals surface area contributed by atoms with Gasteiger partial charge in [-0.1, -0.05) is 60.7 Å². The van der Waals surface area contributed by atoms with Gasteiger partial charge >= 0.3 is 0 Å². The Labute approximate surface area is 274 Å². The third-order valence-electron chi connectivity index (χ3n) is 7.22. The summed E-state index contributed by atoms with van der Waals surface area (Å²) in [4.78, 5) is 56.5. The van der Waals surface area contributed by atoms with Gasteiger partial charge < -0.3 is 43.6 Å². The summed E-state index contributed by atoms with van der Waals surface area (Å²) in [5, 5.41) is 8.18. The van der Waals surface area contributed by atoms with Gasteiger partial charge in [0.2, 0.25) is 17.7 Å². The van der Waals surface area contributed by atoms with Crippen LogP contribution in [0.25, 0.3) is 0 Å². The molecule has 250 valence electrons. The Morgan fingerprint density at radius 1 is 0.702 bits per heavy atom. The van der Waals surface area contributed by atoms with E-state index in [9.17, 15) is 19.2 Å². The van der Waals surface area contributed by atoms with Crippen LogP contribution in [0.5, 0.6) is 5.75 Å². The zero-order valence-corrected chi connectivity index (χ0v) is 26.3. The third-order valence-corrected chi connectivity index (χ3v) is 7.22. The molecule has 0 saturated heterocycles. The van der Waals surface area contributed by atoms with E-state index in [1.807, 2.05) is 30.3 Å². The maximum atomic E-state index is 13.6. The van der Waals surface area contributed by atoms with Crippen molar-refractivity contribution in [1.29, 1.82) is 0 Å². The second kappa shape index (κ2) is 19.2. The lowest BCUT2D eigenvalue weighted by atomic mass is 10.0. The van der Waals surface area contributed by atoms with Crippen molar-refractivity contribution in [2.75, 3.05) is 13.1 Å². The summed E-state index contributed by atoms with van der Waals surface area (Å²) in [5.41, 5.74) is 24.0. The first-order chi connectivity index (χ1) is 22.7. The monoisotopic (exact) mass is 644 g/mol. The van der Waals surface area contributed by atoms with Crippen LogP contribution >= 0.6 is 0 Å². The first-order valence-electron chi connectivity index (χ1n) is 15.5. The molecule has 0 heterocycles. The van der Waals surface area contributed by atoms with E-state index in [4.69, 9.17) is 27.7 Å². The Kier molecular flexibility index (Phi) is 14.7. The summed E-state index contributed by atoms with van der Waals surface area (Å²) in [6.45, 7) is 0.997. The molecule has 3 aromatic rings. The van der Waals surface area contributed by atoms with Crippen LogP contribution in [0.3, 0.4) is 0 Å². The summed E-state index contributed by atoms with van der Waals surface area (Å²) in [7, 11) is 0. The summed E-state index contributed by atoms with van der Waals surface area (Å²) < 4.78 is 5.82. The molecule has 0 saturated carbocycles. The number of ether oxygens (including phenoxy) is 1. The van der Waals surface area contributed by atoms with Gasteiger partial charge in [-0.2, -0.15) is 0 Å². The normalized spacial score (nSPS) is 12.5. The molecule has 11 N–H and O–H groups in total. The molecule has 0 aliphatic heterocycles. The van der Waals surface area contributed by atoms with E-state index in [1.165, 1.54) is 0 Å². The first-order valence-corrected chi connectivity index (χ1v) is 15.5. The molecule has 3 aromatic carbocycles. The van der Waals surface area contributed by atoms with Gasteiger partial charge in [0.1, 0.15) is 30.5 Å². The lowest BCUT2D eigenvalue weighted by molar-refractivity contribution is -0.132. The average molecular weight is 645 g/mol. The van der Waals surface area contributed by atoms with Gasteiger partial charge in [-0.05, 0) is 74.0 Å². The highest BCUT2D eigenvalue weighted by atomic mass is 16.5. The molecule has 4 amide bonds. The number of nitrogens with two attached hydrogens (primary N) is 4. The molecule has 0 fully saturated rings. The van der Waals surface area contributed by atoms with Gasteiger partial charge in [-0.15, -0.1) is 0 Å². The number of guanidine groups is 1. The standard InChI is InChI=1S/C34H44N8O5/c35-20-8-7-14-27(41-32(45)28(15-9-21-39-34(37)38)40-31(44)25-12-5-2-6-13-25)33(46)42-29(30(36)43)24-16-18-26(19-17-24)47-22-23-10-3-1-4-11-23/h1-6,10-13,16-19,27-29H,7-9,14-15,20-22,35H2,(H2,36,43)(H,40,44)(H,41,45)(H,42,46)(H4,37,38,39)/t27-,28-,29+/m0/s1. The van der Waals surface area contributed by atoms with Crippen molar-refractivity contribution in [2.24, 2.45) is 27.9 Å². The van der Waals surface area contributed by atoms with E-state index < -0.39 is 41.8 Å². The molecule has 0 spiro atoms. The molecule has 0 bridgehead atoms. The van der Waals surface area contributed by atoms with Gasteiger partial charge in [0, 0.05) is 12.1 Å². The first kappa shape index (κ1) is 36.0. The maximum Gasteiger partial charge on any atom is 0.251 e. The number of hydrogen-bond acceptors (Lipinski definition) is 7. The van der Waals surface area contributed by atoms with Crippen LogP contribution in [0.2, 0.25) is 0 Å². The molecule has 0 unspecified atom stereocenters. The largest absolute Gasteiger partial charge is 0.489 e. The molecule has 47 heavy (non-hydrogen) atoms. The molecular formula is C34H44N8O5. The molecular weight excluding hydrogens is 600 g/mol. The molecule has 0 aromatic heterocycles. The van der Waals surface area contributed by atoms with Crippen molar-refractivity contribution < 1.29 is 23.9 Å². The smallest absolute Gasteiger partial charge is 0.251 e. The number of carbonyl (C=O) groups is 4. The number of benzene rings is 3. The summed E-state index contributed by atoms with van der Waals surface area (Å²) in [6.07, 6.45) is 1.94. The van der Waals surface area contributed by atoms with E-state index in [-0.39, 0.29) is 25.3 Å². The van der Waals surface area contributed by atoms with Crippen LogP contribution in [0.15, 0.2) is 89.9 Å². The molecule has 13 nitrogen and oxygen atoms in total. The lowest BCUT2D eigenvalue weighted by Crippen LogP contribution is -2.54. The van der Waals surface area contributed by atoms with Gasteiger partial charge in [-0.25, -0.2) is 0 Å². The highest BCUT2D eigenvalue weighted by molar-refractivity contribution is 5.98. The summed E-state index contributed by atoms with van der Waals surface area (Å²) >= 11 is 0. The van der Waals surface area contributed by atoms with Crippen molar-refractivity contribution in [3.05, 3.63) is 102 Å². The van der Waals surface area contributed by atoms with Crippen molar-refractivity contribution in [3.8, 4) is 5.75 Å². The van der Waals surface area contributed by atoms with E-state index >= 15 is 0 Å². The minimum absolute atomic E-state index is 0.0886. The average Bonchev–Trinajstić information content (AvgIpc) is 3.07. The Balaban J connectivity index is 1.73. The van der Waals surface area contributed by atoms with Crippen LogP contribution in [0.1, 0.15) is 59.6 Å². The number of nitrogens with one attached hydrogen (secondary N) is 3. The Morgan fingerprint density at radius 3 is 1.91 bits per heavy atom. The zero-order valence-electron chi connectivity index (χ0n) is 26.3. The second-order valence-corrected chi connectivity index (χ2v) is 10.9. The number of unbranched alkanes of at least 4 members (excludes halogenated alkanes) is 1. The van der Waals surface area contributed by atoms with E-state index in [2.05, 4.69) is 20.9 Å². The Hall–Kier alpha value is -5.43. The number of hydrogen-bond donors (Lipinski definition) is 7. The minimum atomic E-state index is -1.17. The Morgan fingerprint density at radius 2 is 1.30 bits per heavy atom. The molecule has 13 heteroatoms.